The first kappa shape index (κ1) is 17.0. The molecule has 4 nitrogen and oxygen atoms in total. The molecular formula is C18H19ClN2O2. The number of hydrogen-bond acceptors (Lipinski definition) is 2. The van der Waals surface area contributed by atoms with Crippen LogP contribution in [0.4, 0.5) is 0 Å². The summed E-state index contributed by atoms with van der Waals surface area (Å²) < 4.78 is 0. The minimum atomic E-state index is -0.560. The van der Waals surface area contributed by atoms with Gasteiger partial charge in [-0.2, -0.15) is 0 Å². The average molecular weight is 331 g/mol. The van der Waals surface area contributed by atoms with E-state index in [1.807, 2.05) is 48.5 Å². The standard InChI is InChI=1S/C18H19ClN2O2/c1-12(21-13(2)22)18(23)20-11-15-5-3-4-6-17(15)14-7-9-16(19)10-8-14/h3-10,12H,11H2,1-2H3,(H,20,23)(H,21,22)/t12-/m1/s1. The van der Waals surface area contributed by atoms with E-state index in [-0.39, 0.29) is 11.8 Å². The maximum absolute atomic E-state index is 12.0. The summed E-state index contributed by atoms with van der Waals surface area (Å²) in [6, 6.07) is 14.9. The largest absolute Gasteiger partial charge is 0.350 e. The molecule has 1 atom stereocenters. The van der Waals surface area contributed by atoms with Gasteiger partial charge in [0.2, 0.25) is 11.8 Å². The van der Waals surface area contributed by atoms with Crippen LogP contribution in [0.2, 0.25) is 5.02 Å². The van der Waals surface area contributed by atoms with Gasteiger partial charge in [0.25, 0.3) is 0 Å². The first-order valence-corrected chi connectivity index (χ1v) is 7.74. The van der Waals surface area contributed by atoms with Gasteiger partial charge in [-0.3, -0.25) is 9.59 Å². The van der Waals surface area contributed by atoms with E-state index in [2.05, 4.69) is 10.6 Å². The van der Waals surface area contributed by atoms with E-state index in [0.717, 1.165) is 16.7 Å². The summed E-state index contributed by atoms with van der Waals surface area (Å²) in [5.41, 5.74) is 3.07. The average Bonchev–Trinajstić information content (AvgIpc) is 2.53. The molecule has 0 aliphatic heterocycles. The maximum Gasteiger partial charge on any atom is 0.242 e. The summed E-state index contributed by atoms with van der Waals surface area (Å²) in [4.78, 5) is 23.0. The molecule has 0 saturated carbocycles. The van der Waals surface area contributed by atoms with Gasteiger partial charge in [0.1, 0.15) is 6.04 Å². The number of carbonyl (C=O) groups excluding carboxylic acids is 2. The predicted molar refractivity (Wildman–Crippen MR) is 92.0 cm³/mol. The molecular weight excluding hydrogens is 312 g/mol. The molecule has 0 aromatic heterocycles. The number of amides is 2. The topological polar surface area (TPSA) is 58.2 Å². The van der Waals surface area contributed by atoms with Crippen LogP contribution in [0.25, 0.3) is 11.1 Å². The highest BCUT2D eigenvalue weighted by Crippen LogP contribution is 2.25. The highest BCUT2D eigenvalue weighted by Gasteiger charge is 2.14. The lowest BCUT2D eigenvalue weighted by Gasteiger charge is -2.15. The Morgan fingerprint density at radius 1 is 1.09 bits per heavy atom. The van der Waals surface area contributed by atoms with Crippen molar-refractivity contribution in [2.75, 3.05) is 0 Å². The fraction of sp³-hybridized carbons (Fsp3) is 0.222. The van der Waals surface area contributed by atoms with E-state index >= 15 is 0 Å². The molecule has 0 fully saturated rings. The second kappa shape index (κ2) is 7.79. The molecule has 2 aromatic rings. The molecule has 120 valence electrons. The normalized spacial score (nSPS) is 11.6. The third-order valence-corrected chi connectivity index (χ3v) is 3.69. The van der Waals surface area contributed by atoms with Gasteiger partial charge in [0, 0.05) is 18.5 Å². The van der Waals surface area contributed by atoms with Crippen molar-refractivity contribution in [3.8, 4) is 11.1 Å². The van der Waals surface area contributed by atoms with Gasteiger partial charge >= 0.3 is 0 Å². The molecule has 0 heterocycles. The molecule has 0 radical (unpaired) electrons. The minimum Gasteiger partial charge on any atom is -0.350 e. The third-order valence-electron chi connectivity index (χ3n) is 3.44. The Labute approximate surface area is 140 Å². The van der Waals surface area contributed by atoms with Crippen molar-refractivity contribution in [1.29, 1.82) is 0 Å². The van der Waals surface area contributed by atoms with Gasteiger partial charge in [-0.25, -0.2) is 0 Å². The Bertz CT molecular complexity index is 698. The molecule has 0 unspecified atom stereocenters. The predicted octanol–water partition coefficient (Wildman–Crippen LogP) is 3.15. The lowest BCUT2D eigenvalue weighted by Crippen LogP contribution is -2.43. The lowest BCUT2D eigenvalue weighted by molar-refractivity contribution is -0.127. The van der Waals surface area contributed by atoms with Gasteiger partial charge in [0.05, 0.1) is 0 Å². The van der Waals surface area contributed by atoms with Crippen LogP contribution in [0, 0.1) is 0 Å². The first-order chi connectivity index (χ1) is 11.0. The van der Waals surface area contributed by atoms with Crippen molar-refractivity contribution in [2.45, 2.75) is 26.4 Å². The molecule has 0 aliphatic carbocycles. The summed E-state index contributed by atoms with van der Waals surface area (Å²) in [5, 5.41) is 6.10. The molecule has 0 aliphatic rings. The van der Waals surface area contributed by atoms with Crippen molar-refractivity contribution >= 4 is 23.4 Å². The fourth-order valence-corrected chi connectivity index (χ4v) is 2.42. The van der Waals surface area contributed by atoms with E-state index in [1.165, 1.54) is 6.92 Å². The maximum atomic E-state index is 12.0. The van der Waals surface area contributed by atoms with Crippen LogP contribution in [-0.4, -0.2) is 17.9 Å². The van der Waals surface area contributed by atoms with E-state index in [0.29, 0.717) is 11.6 Å². The zero-order chi connectivity index (χ0) is 16.8. The molecule has 5 heteroatoms. The molecule has 0 saturated heterocycles. The Kier molecular flexibility index (Phi) is 5.77. The van der Waals surface area contributed by atoms with Crippen molar-refractivity contribution in [3.05, 3.63) is 59.1 Å². The highest BCUT2D eigenvalue weighted by atomic mass is 35.5. The Morgan fingerprint density at radius 2 is 1.74 bits per heavy atom. The van der Waals surface area contributed by atoms with E-state index in [4.69, 9.17) is 11.6 Å². The molecule has 0 bridgehead atoms. The molecule has 23 heavy (non-hydrogen) atoms. The van der Waals surface area contributed by atoms with Gasteiger partial charge in [-0.1, -0.05) is 48.0 Å². The van der Waals surface area contributed by atoms with Crippen molar-refractivity contribution in [3.63, 3.8) is 0 Å². The van der Waals surface area contributed by atoms with Crippen LogP contribution in [-0.2, 0) is 16.1 Å². The molecule has 2 rings (SSSR count). The number of rotatable bonds is 5. The summed E-state index contributed by atoms with van der Waals surface area (Å²) in [6.45, 7) is 3.43. The van der Waals surface area contributed by atoms with Gasteiger partial charge in [-0.15, -0.1) is 0 Å². The minimum absolute atomic E-state index is 0.217. The SMILES string of the molecule is CC(=O)N[C@H](C)C(=O)NCc1ccccc1-c1ccc(Cl)cc1. The molecule has 0 spiro atoms. The van der Waals surface area contributed by atoms with Gasteiger partial charge < -0.3 is 10.6 Å². The number of benzene rings is 2. The van der Waals surface area contributed by atoms with E-state index < -0.39 is 6.04 Å². The van der Waals surface area contributed by atoms with Crippen molar-refractivity contribution < 1.29 is 9.59 Å². The Morgan fingerprint density at radius 3 is 2.39 bits per heavy atom. The number of nitrogens with one attached hydrogen (secondary N) is 2. The zero-order valence-electron chi connectivity index (χ0n) is 13.1. The smallest absolute Gasteiger partial charge is 0.242 e. The van der Waals surface area contributed by atoms with Crippen LogP contribution in [0.15, 0.2) is 48.5 Å². The lowest BCUT2D eigenvalue weighted by atomic mass is 9.99. The monoisotopic (exact) mass is 330 g/mol. The van der Waals surface area contributed by atoms with Crippen molar-refractivity contribution in [1.82, 2.24) is 10.6 Å². The number of carbonyl (C=O) groups is 2. The van der Waals surface area contributed by atoms with E-state index in [1.54, 1.807) is 6.92 Å². The molecule has 2 amide bonds. The second-order valence-electron chi connectivity index (χ2n) is 5.30. The van der Waals surface area contributed by atoms with Gasteiger partial charge in [0.15, 0.2) is 0 Å². The van der Waals surface area contributed by atoms with Crippen LogP contribution in [0.1, 0.15) is 19.4 Å². The quantitative estimate of drug-likeness (QED) is 0.884. The molecule has 2 N–H and O–H groups in total. The number of halogens is 1. The number of hydrogen-bond donors (Lipinski definition) is 2. The third kappa shape index (κ3) is 4.83. The van der Waals surface area contributed by atoms with Gasteiger partial charge in [-0.05, 0) is 35.7 Å². The van der Waals surface area contributed by atoms with Crippen LogP contribution >= 0.6 is 11.6 Å². The zero-order valence-corrected chi connectivity index (χ0v) is 13.9. The summed E-state index contributed by atoms with van der Waals surface area (Å²) >= 11 is 5.93. The molecule has 2 aromatic carbocycles. The van der Waals surface area contributed by atoms with Crippen LogP contribution in [0.5, 0.6) is 0 Å². The van der Waals surface area contributed by atoms with Crippen LogP contribution in [0.3, 0.4) is 0 Å². The van der Waals surface area contributed by atoms with Crippen LogP contribution < -0.4 is 10.6 Å². The summed E-state index contributed by atoms with van der Waals surface area (Å²) in [5.74, 6) is -0.444. The Hall–Kier alpha value is -2.33. The second-order valence-corrected chi connectivity index (χ2v) is 5.74. The summed E-state index contributed by atoms with van der Waals surface area (Å²) in [7, 11) is 0. The summed E-state index contributed by atoms with van der Waals surface area (Å²) in [6.07, 6.45) is 0. The Balaban J connectivity index is 2.10. The van der Waals surface area contributed by atoms with E-state index in [9.17, 15) is 9.59 Å². The highest BCUT2D eigenvalue weighted by molar-refractivity contribution is 6.30. The van der Waals surface area contributed by atoms with Crippen molar-refractivity contribution in [2.24, 2.45) is 0 Å². The fourth-order valence-electron chi connectivity index (χ4n) is 2.29. The first-order valence-electron chi connectivity index (χ1n) is 7.36.